The third-order valence-corrected chi connectivity index (χ3v) is 1.70. The number of carbonyl (C=O) groups is 1. The Labute approximate surface area is 90.9 Å². The fraction of sp³-hybridized carbons (Fsp3) is 0.455. The number of rotatable bonds is 3. The van der Waals surface area contributed by atoms with Gasteiger partial charge in [0, 0.05) is 25.9 Å². The molecule has 1 heterocycles. The Morgan fingerprint density at radius 2 is 2.33 bits per heavy atom. The van der Waals surface area contributed by atoms with Crippen molar-refractivity contribution in [2.24, 2.45) is 5.73 Å². The van der Waals surface area contributed by atoms with Crippen molar-refractivity contribution in [1.82, 2.24) is 10.3 Å². The SMILES string of the molecule is CNC(=O)CCCN.Cc1cccnc1. The Bertz CT molecular complexity index is 262. The summed E-state index contributed by atoms with van der Waals surface area (Å²) >= 11 is 0. The van der Waals surface area contributed by atoms with Gasteiger partial charge in [0.05, 0.1) is 0 Å². The number of hydrogen-bond donors (Lipinski definition) is 2. The molecule has 0 aromatic carbocycles. The molecule has 0 bridgehead atoms. The average Bonchev–Trinajstić information content (AvgIpc) is 2.28. The van der Waals surface area contributed by atoms with Crippen molar-refractivity contribution in [1.29, 1.82) is 0 Å². The van der Waals surface area contributed by atoms with E-state index in [4.69, 9.17) is 5.73 Å². The first kappa shape index (κ1) is 13.6. The molecule has 15 heavy (non-hydrogen) atoms. The highest BCUT2D eigenvalue weighted by Crippen LogP contribution is 1.88. The molecule has 1 amide bonds. The molecule has 1 aromatic rings. The van der Waals surface area contributed by atoms with Crippen LogP contribution in [0.15, 0.2) is 24.5 Å². The number of pyridine rings is 1. The Kier molecular flexibility index (Phi) is 8.28. The van der Waals surface area contributed by atoms with Crippen LogP contribution < -0.4 is 11.1 Å². The fourth-order valence-corrected chi connectivity index (χ4v) is 0.836. The molecule has 0 radical (unpaired) electrons. The minimum Gasteiger partial charge on any atom is -0.359 e. The van der Waals surface area contributed by atoms with E-state index < -0.39 is 0 Å². The van der Waals surface area contributed by atoms with Crippen LogP contribution in [0.4, 0.5) is 0 Å². The maximum atomic E-state index is 10.4. The molecule has 0 aliphatic heterocycles. The van der Waals surface area contributed by atoms with Gasteiger partial charge in [0.1, 0.15) is 0 Å². The van der Waals surface area contributed by atoms with E-state index in [1.165, 1.54) is 5.56 Å². The quantitative estimate of drug-likeness (QED) is 0.776. The van der Waals surface area contributed by atoms with Crippen LogP contribution in [-0.4, -0.2) is 24.5 Å². The summed E-state index contributed by atoms with van der Waals surface area (Å²) in [5, 5.41) is 2.51. The highest BCUT2D eigenvalue weighted by molar-refractivity contribution is 5.75. The topological polar surface area (TPSA) is 68.0 Å². The van der Waals surface area contributed by atoms with Gasteiger partial charge in [-0.15, -0.1) is 0 Å². The normalized spacial score (nSPS) is 8.73. The van der Waals surface area contributed by atoms with Crippen molar-refractivity contribution in [3.05, 3.63) is 30.1 Å². The summed E-state index contributed by atoms with van der Waals surface area (Å²) < 4.78 is 0. The molecule has 3 N–H and O–H groups in total. The predicted octanol–water partition coefficient (Wildman–Crippen LogP) is 0.861. The Morgan fingerprint density at radius 1 is 1.60 bits per heavy atom. The summed E-state index contributed by atoms with van der Waals surface area (Å²) in [7, 11) is 1.62. The summed E-state index contributed by atoms with van der Waals surface area (Å²) in [5.74, 6) is 0.0652. The third-order valence-electron chi connectivity index (χ3n) is 1.70. The zero-order valence-corrected chi connectivity index (χ0v) is 9.36. The van der Waals surface area contributed by atoms with Crippen LogP contribution in [0, 0.1) is 6.92 Å². The van der Waals surface area contributed by atoms with Crippen LogP contribution in [-0.2, 0) is 4.79 Å². The zero-order valence-electron chi connectivity index (χ0n) is 9.36. The van der Waals surface area contributed by atoms with Gasteiger partial charge in [0.25, 0.3) is 0 Å². The zero-order chi connectivity index (χ0) is 11.5. The highest BCUT2D eigenvalue weighted by atomic mass is 16.1. The Balaban J connectivity index is 0.000000262. The van der Waals surface area contributed by atoms with Gasteiger partial charge in [-0.1, -0.05) is 6.07 Å². The number of nitrogens with two attached hydrogens (primary N) is 1. The number of aryl methyl sites for hydroxylation is 1. The van der Waals surface area contributed by atoms with E-state index in [0.717, 1.165) is 6.42 Å². The van der Waals surface area contributed by atoms with Crippen molar-refractivity contribution in [2.75, 3.05) is 13.6 Å². The lowest BCUT2D eigenvalue weighted by atomic mass is 10.3. The van der Waals surface area contributed by atoms with E-state index in [2.05, 4.69) is 10.3 Å². The van der Waals surface area contributed by atoms with Crippen LogP contribution in [0.5, 0.6) is 0 Å². The van der Waals surface area contributed by atoms with E-state index in [-0.39, 0.29) is 5.91 Å². The lowest BCUT2D eigenvalue weighted by molar-refractivity contribution is -0.120. The monoisotopic (exact) mass is 209 g/mol. The highest BCUT2D eigenvalue weighted by Gasteiger charge is 1.92. The molecule has 0 aliphatic carbocycles. The maximum absolute atomic E-state index is 10.4. The lowest BCUT2D eigenvalue weighted by Crippen LogP contribution is -2.18. The van der Waals surface area contributed by atoms with Gasteiger partial charge in [0.15, 0.2) is 0 Å². The van der Waals surface area contributed by atoms with Crippen LogP contribution in [0.3, 0.4) is 0 Å². The molecular weight excluding hydrogens is 190 g/mol. The molecule has 0 spiro atoms. The van der Waals surface area contributed by atoms with Gasteiger partial charge in [-0.05, 0) is 31.5 Å². The van der Waals surface area contributed by atoms with E-state index in [1.807, 2.05) is 25.3 Å². The van der Waals surface area contributed by atoms with Gasteiger partial charge in [0.2, 0.25) is 5.91 Å². The molecule has 0 saturated carbocycles. The average molecular weight is 209 g/mol. The molecule has 1 aromatic heterocycles. The molecule has 4 heteroatoms. The molecule has 0 fully saturated rings. The van der Waals surface area contributed by atoms with Gasteiger partial charge < -0.3 is 11.1 Å². The molecule has 0 saturated heterocycles. The van der Waals surface area contributed by atoms with E-state index in [9.17, 15) is 4.79 Å². The molecule has 4 nitrogen and oxygen atoms in total. The van der Waals surface area contributed by atoms with Crippen LogP contribution in [0.25, 0.3) is 0 Å². The predicted molar refractivity (Wildman–Crippen MR) is 61.3 cm³/mol. The molecule has 1 rings (SSSR count). The first-order chi connectivity index (χ1) is 7.20. The number of nitrogens with zero attached hydrogens (tertiary/aromatic N) is 1. The van der Waals surface area contributed by atoms with Crippen molar-refractivity contribution >= 4 is 5.91 Å². The Hall–Kier alpha value is -1.42. The Morgan fingerprint density at radius 3 is 2.67 bits per heavy atom. The van der Waals surface area contributed by atoms with E-state index >= 15 is 0 Å². The van der Waals surface area contributed by atoms with Gasteiger partial charge in [-0.2, -0.15) is 0 Å². The molecular formula is C11H19N3O. The van der Waals surface area contributed by atoms with Crippen molar-refractivity contribution in [3.8, 4) is 0 Å². The molecule has 0 unspecified atom stereocenters. The van der Waals surface area contributed by atoms with Crippen LogP contribution in [0.1, 0.15) is 18.4 Å². The third kappa shape index (κ3) is 8.90. The summed E-state index contributed by atoms with van der Waals surface area (Å²) in [5.41, 5.74) is 6.36. The van der Waals surface area contributed by atoms with E-state index in [1.54, 1.807) is 13.2 Å². The van der Waals surface area contributed by atoms with Crippen molar-refractivity contribution in [3.63, 3.8) is 0 Å². The summed E-state index contributed by atoms with van der Waals surface area (Å²) in [6.45, 7) is 2.61. The largest absolute Gasteiger partial charge is 0.359 e. The summed E-state index contributed by atoms with van der Waals surface area (Å²) in [6.07, 6.45) is 4.93. The summed E-state index contributed by atoms with van der Waals surface area (Å²) in [6, 6.07) is 3.95. The smallest absolute Gasteiger partial charge is 0.219 e. The van der Waals surface area contributed by atoms with Crippen molar-refractivity contribution < 1.29 is 4.79 Å². The fourth-order valence-electron chi connectivity index (χ4n) is 0.836. The van der Waals surface area contributed by atoms with Gasteiger partial charge >= 0.3 is 0 Å². The minimum atomic E-state index is 0.0652. The molecule has 84 valence electrons. The number of aromatic nitrogens is 1. The summed E-state index contributed by atoms with van der Waals surface area (Å²) in [4.78, 5) is 14.3. The number of carbonyl (C=O) groups excluding carboxylic acids is 1. The van der Waals surface area contributed by atoms with Gasteiger partial charge in [-0.3, -0.25) is 9.78 Å². The second-order valence-electron chi connectivity index (χ2n) is 3.10. The van der Waals surface area contributed by atoms with Crippen LogP contribution >= 0.6 is 0 Å². The molecule has 0 atom stereocenters. The first-order valence-corrected chi connectivity index (χ1v) is 4.98. The molecule has 0 aliphatic rings. The lowest BCUT2D eigenvalue weighted by Gasteiger charge is -1.94. The number of amides is 1. The maximum Gasteiger partial charge on any atom is 0.219 e. The standard InChI is InChI=1S/C6H7N.C5H12N2O/c1-6-3-2-4-7-5-6;1-7-5(8)3-2-4-6/h2-5H,1H3;2-4,6H2,1H3,(H,7,8). The van der Waals surface area contributed by atoms with Crippen LogP contribution in [0.2, 0.25) is 0 Å². The first-order valence-electron chi connectivity index (χ1n) is 4.98. The number of nitrogens with one attached hydrogen (secondary N) is 1. The van der Waals surface area contributed by atoms with E-state index in [0.29, 0.717) is 13.0 Å². The van der Waals surface area contributed by atoms with Gasteiger partial charge in [-0.25, -0.2) is 0 Å². The minimum absolute atomic E-state index is 0.0652. The number of hydrogen-bond acceptors (Lipinski definition) is 3. The second-order valence-corrected chi connectivity index (χ2v) is 3.10. The van der Waals surface area contributed by atoms with Crippen molar-refractivity contribution in [2.45, 2.75) is 19.8 Å². The second kappa shape index (κ2) is 9.15.